The second-order valence-corrected chi connectivity index (χ2v) is 9.69. The number of hydrogen-bond donors (Lipinski definition) is 1. The third-order valence-electron chi connectivity index (χ3n) is 7.31. The molecule has 1 N–H and O–H groups in total. The number of aromatic amines is 1. The van der Waals surface area contributed by atoms with Crippen molar-refractivity contribution in [2.24, 2.45) is 0 Å². The van der Waals surface area contributed by atoms with Crippen LogP contribution in [0.2, 0.25) is 0 Å². The second kappa shape index (κ2) is 9.61. The van der Waals surface area contributed by atoms with Gasteiger partial charge in [-0.1, -0.05) is 31.7 Å². The van der Waals surface area contributed by atoms with Crippen molar-refractivity contribution in [2.75, 3.05) is 26.3 Å². The van der Waals surface area contributed by atoms with Crippen LogP contribution in [-0.2, 0) is 6.42 Å². The van der Waals surface area contributed by atoms with Crippen LogP contribution in [0.5, 0.6) is 5.75 Å². The predicted octanol–water partition coefficient (Wildman–Crippen LogP) is 6.13. The number of allylic oxidation sites excluding steroid dienone is 1. The summed E-state index contributed by atoms with van der Waals surface area (Å²) in [6.07, 6.45) is 1.78. The number of nitrogens with one attached hydrogen (secondary N) is 1. The fourth-order valence-electron chi connectivity index (χ4n) is 5.57. The Morgan fingerprint density at radius 2 is 1.89 bits per heavy atom. The Hall–Kier alpha value is -2.93. The van der Waals surface area contributed by atoms with E-state index in [0.717, 1.165) is 34.3 Å². The Labute approximate surface area is 204 Å². The lowest BCUT2D eigenvalue weighted by Gasteiger charge is -2.43. The van der Waals surface area contributed by atoms with Gasteiger partial charge in [0.25, 0.3) is 0 Å². The van der Waals surface area contributed by atoms with Crippen molar-refractivity contribution in [2.45, 2.75) is 51.3 Å². The van der Waals surface area contributed by atoms with Gasteiger partial charge in [-0.05, 0) is 37.8 Å². The fourth-order valence-corrected chi connectivity index (χ4v) is 5.57. The Morgan fingerprint density at radius 1 is 1.17 bits per heavy atom. The van der Waals surface area contributed by atoms with Crippen molar-refractivity contribution in [3.63, 3.8) is 0 Å². The lowest BCUT2D eigenvalue weighted by molar-refractivity contribution is 0.0180. The first-order valence-electron chi connectivity index (χ1n) is 12.4. The Kier molecular flexibility index (Phi) is 6.53. The molecule has 35 heavy (non-hydrogen) atoms. The van der Waals surface area contributed by atoms with Crippen LogP contribution in [0, 0.1) is 11.6 Å². The number of halogens is 3. The van der Waals surface area contributed by atoms with Crippen molar-refractivity contribution < 1.29 is 17.9 Å². The number of ether oxygens (including phenoxy) is 1. The monoisotopic (exact) mass is 483 g/mol. The minimum absolute atomic E-state index is 0.00416. The molecule has 1 aromatic heterocycles. The van der Waals surface area contributed by atoms with E-state index in [0.29, 0.717) is 32.5 Å². The van der Waals surface area contributed by atoms with Gasteiger partial charge >= 0.3 is 0 Å². The zero-order chi connectivity index (χ0) is 24.7. The van der Waals surface area contributed by atoms with E-state index in [9.17, 15) is 4.39 Å². The van der Waals surface area contributed by atoms with E-state index in [-0.39, 0.29) is 30.1 Å². The van der Waals surface area contributed by atoms with Crippen LogP contribution in [0.4, 0.5) is 13.2 Å². The lowest BCUT2D eigenvalue weighted by Crippen LogP contribution is -2.53. The molecule has 0 bridgehead atoms. The molecule has 186 valence electrons. The smallest absolute Gasteiger partial charge is 0.135 e. The molecule has 2 aliphatic rings. The Bertz CT molecular complexity index is 1210. The van der Waals surface area contributed by atoms with Crippen LogP contribution in [0.25, 0.3) is 10.9 Å². The molecule has 0 radical (unpaired) electrons. The van der Waals surface area contributed by atoms with Crippen LogP contribution in [0.3, 0.4) is 0 Å². The summed E-state index contributed by atoms with van der Waals surface area (Å²) in [4.78, 5) is 7.58. The van der Waals surface area contributed by atoms with Crippen LogP contribution in [0.15, 0.2) is 48.7 Å². The molecule has 1 fully saturated rings. The number of likely N-dealkylation sites (tertiary alicyclic amines) is 1. The van der Waals surface area contributed by atoms with Gasteiger partial charge in [0.2, 0.25) is 0 Å². The molecule has 0 amide bonds. The normalized spacial score (nSPS) is 20.7. The molecule has 4 nitrogen and oxygen atoms in total. The number of H-pyrrole nitrogens is 1. The average molecular weight is 484 g/mol. The van der Waals surface area contributed by atoms with E-state index >= 15 is 8.78 Å². The summed E-state index contributed by atoms with van der Waals surface area (Å²) in [6, 6.07) is 9.94. The predicted molar refractivity (Wildman–Crippen MR) is 132 cm³/mol. The van der Waals surface area contributed by atoms with Crippen LogP contribution in [-0.4, -0.2) is 53.2 Å². The molecule has 0 aliphatic carbocycles. The van der Waals surface area contributed by atoms with Gasteiger partial charge in [-0.3, -0.25) is 9.29 Å². The van der Waals surface area contributed by atoms with E-state index in [1.807, 2.05) is 25.1 Å². The fraction of sp³-hybridized carbons (Fsp3) is 0.429. The number of alkyl halides is 1. The molecule has 7 heteroatoms. The van der Waals surface area contributed by atoms with E-state index in [4.69, 9.17) is 4.74 Å². The summed E-state index contributed by atoms with van der Waals surface area (Å²) in [7, 11) is 0. The average Bonchev–Trinajstić information content (AvgIpc) is 3.17. The molecule has 0 unspecified atom stereocenters. The molecule has 0 saturated carbocycles. The summed E-state index contributed by atoms with van der Waals surface area (Å²) in [5, 5.41) is 1.09. The van der Waals surface area contributed by atoms with Gasteiger partial charge in [0.15, 0.2) is 0 Å². The Balaban J connectivity index is 1.50. The third-order valence-corrected chi connectivity index (χ3v) is 7.31. The highest BCUT2D eigenvalue weighted by Crippen LogP contribution is 2.44. The maximum Gasteiger partial charge on any atom is 0.135 e. The number of nitrogens with zero attached hydrogens (tertiary/aromatic N) is 2. The summed E-state index contributed by atoms with van der Waals surface area (Å²) < 4.78 is 49.6. The van der Waals surface area contributed by atoms with Crippen molar-refractivity contribution in [3.8, 4) is 5.75 Å². The lowest BCUT2D eigenvalue weighted by atomic mass is 9.87. The quantitative estimate of drug-likeness (QED) is 0.418. The van der Waals surface area contributed by atoms with Crippen molar-refractivity contribution in [1.29, 1.82) is 0 Å². The molecular weight excluding hydrogens is 451 g/mol. The Morgan fingerprint density at radius 3 is 2.57 bits per heavy atom. The van der Waals surface area contributed by atoms with Crippen LogP contribution >= 0.6 is 0 Å². The topological polar surface area (TPSA) is 31.5 Å². The maximum atomic E-state index is 15.7. The summed E-state index contributed by atoms with van der Waals surface area (Å²) in [5.74, 6) is -1.09. The summed E-state index contributed by atoms with van der Waals surface area (Å²) in [6.45, 7) is 9.90. The number of benzene rings is 2. The minimum atomic E-state index is -0.650. The van der Waals surface area contributed by atoms with Gasteiger partial charge < -0.3 is 14.6 Å². The van der Waals surface area contributed by atoms with Crippen LogP contribution in [0.1, 0.15) is 49.6 Å². The van der Waals surface area contributed by atoms with Gasteiger partial charge in [-0.15, -0.1) is 0 Å². The standard InChI is InChI=1S/C28H32F3N3O/c1-4-17(2)34-18(3)12-22-21-8-5-6-9-25(21)32-27(22)28(34)26-23(30)13-19(14-24(26)31)35-20-15-33(16-20)11-7-10-29/h5-6,8-9,13-14,18,20,28,32H,2,4,7,10-12,15-16H2,1,3H3/t18-,28-/m1/s1. The van der Waals surface area contributed by atoms with Gasteiger partial charge in [-0.2, -0.15) is 0 Å². The summed E-state index contributed by atoms with van der Waals surface area (Å²) in [5.41, 5.74) is 3.72. The molecule has 0 spiro atoms. The van der Waals surface area contributed by atoms with Crippen LogP contribution < -0.4 is 4.74 Å². The number of fused-ring (bicyclic) bond motifs is 3. The molecular formula is C28H32F3N3O. The van der Waals surface area contributed by atoms with E-state index in [2.05, 4.69) is 34.4 Å². The van der Waals surface area contributed by atoms with Gasteiger partial charge in [0.05, 0.1) is 12.2 Å². The zero-order valence-electron chi connectivity index (χ0n) is 20.3. The third kappa shape index (κ3) is 4.31. The molecule has 2 atom stereocenters. The van der Waals surface area contributed by atoms with Gasteiger partial charge in [0, 0.05) is 60.1 Å². The van der Waals surface area contributed by atoms with E-state index < -0.39 is 17.7 Å². The minimum Gasteiger partial charge on any atom is -0.488 e. The molecule has 1 saturated heterocycles. The van der Waals surface area contributed by atoms with Crippen molar-refractivity contribution in [3.05, 3.63) is 77.1 Å². The molecule has 3 aromatic rings. The van der Waals surface area contributed by atoms with E-state index in [1.54, 1.807) is 0 Å². The first-order chi connectivity index (χ1) is 16.9. The highest BCUT2D eigenvalue weighted by atomic mass is 19.1. The molecule has 3 heterocycles. The largest absolute Gasteiger partial charge is 0.488 e. The first-order valence-corrected chi connectivity index (χ1v) is 12.4. The molecule has 2 aromatic carbocycles. The highest BCUT2D eigenvalue weighted by molar-refractivity contribution is 5.85. The van der Waals surface area contributed by atoms with Gasteiger partial charge in [0.1, 0.15) is 29.5 Å². The maximum absolute atomic E-state index is 15.7. The van der Waals surface area contributed by atoms with Crippen molar-refractivity contribution in [1.82, 2.24) is 14.8 Å². The number of aromatic nitrogens is 1. The molecule has 5 rings (SSSR count). The summed E-state index contributed by atoms with van der Waals surface area (Å²) >= 11 is 0. The number of rotatable bonds is 8. The highest BCUT2D eigenvalue weighted by Gasteiger charge is 2.39. The van der Waals surface area contributed by atoms with Crippen molar-refractivity contribution >= 4 is 10.9 Å². The second-order valence-electron chi connectivity index (χ2n) is 9.69. The zero-order valence-corrected chi connectivity index (χ0v) is 20.3. The van der Waals surface area contributed by atoms with E-state index in [1.165, 1.54) is 12.1 Å². The number of para-hydroxylation sites is 1. The number of hydrogen-bond acceptors (Lipinski definition) is 3. The molecule has 2 aliphatic heterocycles. The SMILES string of the molecule is C=C(CC)N1[C@H](c2c(F)cc(OC3CN(CCCF)C3)cc2F)c2[nH]c3ccccc3c2C[C@H]1C. The van der Waals surface area contributed by atoms with Gasteiger partial charge in [-0.25, -0.2) is 8.78 Å². The first kappa shape index (κ1) is 23.8.